The number of nitrogens with one attached hydrogen (secondary N) is 1. The van der Waals surface area contributed by atoms with Gasteiger partial charge in [-0.3, -0.25) is 0 Å². The maximum atomic E-state index is 3.69. The van der Waals surface area contributed by atoms with Crippen molar-refractivity contribution in [2.24, 2.45) is 17.8 Å². The third kappa shape index (κ3) is 1.87. The van der Waals surface area contributed by atoms with Crippen LogP contribution in [0.4, 0.5) is 0 Å². The van der Waals surface area contributed by atoms with E-state index in [4.69, 9.17) is 0 Å². The molecule has 3 atom stereocenters. The SMILES string of the molecule is CCNC(c1ccc(Br)s1)C1C2CCCC21. The van der Waals surface area contributed by atoms with Gasteiger partial charge in [0.15, 0.2) is 0 Å². The van der Waals surface area contributed by atoms with Crippen LogP contribution in [-0.4, -0.2) is 6.54 Å². The van der Waals surface area contributed by atoms with Gasteiger partial charge in [0.05, 0.1) is 3.79 Å². The molecule has 1 aromatic heterocycles. The molecule has 2 fully saturated rings. The van der Waals surface area contributed by atoms with Crippen molar-refractivity contribution in [1.29, 1.82) is 0 Å². The number of rotatable bonds is 4. The zero-order chi connectivity index (χ0) is 11.1. The molecule has 2 aliphatic carbocycles. The summed E-state index contributed by atoms with van der Waals surface area (Å²) in [6.07, 6.45) is 4.42. The second-order valence-electron chi connectivity index (χ2n) is 5.01. The Morgan fingerprint density at radius 3 is 2.75 bits per heavy atom. The van der Waals surface area contributed by atoms with Gasteiger partial charge in [-0.05, 0) is 65.2 Å². The van der Waals surface area contributed by atoms with Gasteiger partial charge in [-0.2, -0.15) is 0 Å². The molecule has 1 nitrogen and oxygen atoms in total. The van der Waals surface area contributed by atoms with Crippen molar-refractivity contribution in [3.63, 3.8) is 0 Å². The molecule has 0 saturated heterocycles. The van der Waals surface area contributed by atoms with Crippen molar-refractivity contribution in [2.75, 3.05) is 6.54 Å². The first-order chi connectivity index (χ1) is 7.81. The number of fused-ring (bicyclic) bond motifs is 1. The quantitative estimate of drug-likeness (QED) is 0.878. The number of thiophene rings is 1. The fraction of sp³-hybridized carbons (Fsp3) is 0.692. The minimum atomic E-state index is 0.622. The van der Waals surface area contributed by atoms with Crippen LogP contribution in [0.1, 0.15) is 37.1 Å². The highest BCUT2D eigenvalue weighted by Gasteiger charge is 2.56. The van der Waals surface area contributed by atoms with E-state index in [2.05, 4.69) is 40.3 Å². The van der Waals surface area contributed by atoms with E-state index in [1.807, 2.05) is 11.3 Å². The fourth-order valence-electron chi connectivity index (χ4n) is 3.51. The van der Waals surface area contributed by atoms with Crippen molar-refractivity contribution in [3.05, 3.63) is 20.8 Å². The first kappa shape index (κ1) is 11.2. The van der Waals surface area contributed by atoms with Gasteiger partial charge in [0.1, 0.15) is 0 Å². The van der Waals surface area contributed by atoms with E-state index in [-0.39, 0.29) is 0 Å². The Morgan fingerprint density at radius 1 is 1.44 bits per heavy atom. The van der Waals surface area contributed by atoms with Crippen molar-refractivity contribution < 1.29 is 0 Å². The first-order valence-electron chi connectivity index (χ1n) is 6.30. The van der Waals surface area contributed by atoms with Crippen LogP contribution in [0.25, 0.3) is 0 Å². The molecule has 0 spiro atoms. The Morgan fingerprint density at radius 2 is 2.19 bits per heavy atom. The molecule has 1 aromatic rings. The predicted octanol–water partition coefficient (Wildman–Crippen LogP) is 4.21. The minimum Gasteiger partial charge on any atom is -0.309 e. The summed E-state index contributed by atoms with van der Waals surface area (Å²) in [5, 5.41) is 3.69. The smallest absolute Gasteiger partial charge is 0.0701 e. The molecule has 3 heteroatoms. The Hall–Kier alpha value is 0.140. The Bertz CT molecular complexity index is 366. The normalized spacial score (nSPS) is 33.8. The average molecular weight is 300 g/mol. The van der Waals surface area contributed by atoms with E-state index in [0.717, 1.165) is 24.3 Å². The number of halogens is 1. The lowest BCUT2D eigenvalue weighted by atomic mass is 10.0. The molecule has 0 aliphatic heterocycles. The highest BCUT2D eigenvalue weighted by atomic mass is 79.9. The van der Waals surface area contributed by atoms with E-state index >= 15 is 0 Å². The van der Waals surface area contributed by atoms with E-state index in [9.17, 15) is 0 Å². The van der Waals surface area contributed by atoms with E-state index in [1.54, 1.807) is 0 Å². The predicted molar refractivity (Wildman–Crippen MR) is 72.8 cm³/mol. The topological polar surface area (TPSA) is 12.0 Å². The molecule has 0 aromatic carbocycles. The monoisotopic (exact) mass is 299 g/mol. The van der Waals surface area contributed by atoms with Crippen LogP contribution in [0, 0.1) is 17.8 Å². The summed E-state index contributed by atoms with van der Waals surface area (Å²) in [5.41, 5.74) is 0. The minimum absolute atomic E-state index is 0.622. The number of hydrogen-bond acceptors (Lipinski definition) is 2. The van der Waals surface area contributed by atoms with E-state index < -0.39 is 0 Å². The summed E-state index contributed by atoms with van der Waals surface area (Å²) in [4.78, 5) is 1.52. The third-order valence-electron chi connectivity index (χ3n) is 4.18. The number of hydrogen-bond donors (Lipinski definition) is 1. The second kappa shape index (κ2) is 4.43. The molecule has 16 heavy (non-hydrogen) atoms. The summed E-state index contributed by atoms with van der Waals surface area (Å²) in [5.74, 6) is 2.99. The van der Waals surface area contributed by atoms with Gasteiger partial charge in [0, 0.05) is 10.9 Å². The van der Waals surface area contributed by atoms with Crippen molar-refractivity contribution >= 4 is 27.3 Å². The van der Waals surface area contributed by atoms with E-state index in [0.29, 0.717) is 6.04 Å². The Labute approximate surface area is 110 Å². The summed E-state index contributed by atoms with van der Waals surface area (Å²) in [6, 6.07) is 5.09. The lowest BCUT2D eigenvalue weighted by Gasteiger charge is -2.18. The van der Waals surface area contributed by atoms with Crippen LogP contribution in [0.2, 0.25) is 0 Å². The van der Waals surface area contributed by atoms with Gasteiger partial charge >= 0.3 is 0 Å². The summed E-state index contributed by atoms with van der Waals surface area (Å²) in [7, 11) is 0. The van der Waals surface area contributed by atoms with Crippen molar-refractivity contribution in [3.8, 4) is 0 Å². The highest BCUT2D eigenvalue weighted by molar-refractivity contribution is 9.11. The molecule has 2 aliphatic rings. The molecule has 3 rings (SSSR count). The van der Waals surface area contributed by atoms with Crippen LogP contribution >= 0.6 is 27.3 Å². The molecule has 2 saturated carbocycles. The van der Waals surface area contributed by atoms with Crippen molar-refractivity contribution in [1.82, 2.24) is 5.32 Å². The van der Waals surface area contributed by atoms with Crippen LogP contribution in [-0.2, 0) is 0 Å². The van der Waals surface area contributed by atoms with Gasteiger partial charge in [0.2, 0.25) is 0 Å². The van der Waals surface area contributed by atoms with Crippen LogP contribution in [0.3, 0.4) is 0 Å². The summed E-state index contributed by atoms with van der Waals surface area (Å²) in [6.45, 7) is 3.30. The zero-order valence-electron chi connectivity index (χ0n) is 9.58. The van der Waals surface area contributed by atoms with Crippen LogP contribution in [0.5, 0.6) is 0 Å². The Balaban J connectivity index is 1.77. The lowest BCUT2D eigenvalue weighted by molar-refractivity contribution is 0.431. The fourth-order valence-corrected chi connectivity index (χ4v) is 5.07. The molecule has 1 N–H and O–H groups in total. The maximum Gasteiger partial charge on any atom is 0.0701 e. The van der Waals surface area contributed by atoms with Gasteiger partial charge in [-0.15, -0.1) is 11.3 Å². The van der Waals surface area contributed by atoms with Gasteiger partial charge in [0.25, 0.3) is 0 Å². The third-order valence-corrected chi connectivity index (χ3v) is 5.89. The molecule has 0 amide bonds. The van der Waals surface area contributed by atoms with E-state index in [1.165, 1.54) is 27.9 Å². The second-order valence-corrected chi connectivity index (χ2v) is 7.51. The zero-order valence-corrected chi connectivity index (χ0v) is 12.0. The Kier molecular flexibility index (Phi) is 3.11. The van der Waals surface area contributed by atoms with Crippen LogP contribution in [0.15, 0.2) is 15.9 Å². The van der Waals surface area contributed by atoms with Gasteiger partial charge < -0.3 is 5.32 Å². The molecule has 0 bridgehead atoms. The maximum absolute atomic E-state index is 3.69. The highest BCUT2D eigenvalue weighted by Crippen LogP contribution is 2.62. The van der Waals surface area contributed by atoms with Crippen LogP contribution < -0.4 is 5.32 Å². The standard InChI is InChI=1S/C13H18BrNS/c1-2-15-13(10-6-7-11(14)16-10)12-8-4-3-5-9(8)12/h6-9,12-13,15H,2-5H2,1H3. The van der Waals surface area contributed by atoms with Gasteiger partial charge in [-0.25, -0.2) is 0 Å². The molecular formula is C13H18BrNS. The van der Waals surface area contributed by atoms with Gasteiger partial charge in [-0.1, -0.05) is 13.3 Å². The van der Waals surface area contributed by atoms with Crippen molar-refractivity contribution in [2.45, 2.75) is 32.2 Å². The summed E-state index contributed by atoms with van der Waals surface area (Å²) >= 11 is 5.47. The molecule has 1 heterocycles. The largest absolute Gasteiger partial charge is 0.309 e. The lowest BCUT2D eigenvalue weighted by Crippen LogP contribution is -2.23. The molecule has 0 radical (unpaired) electrons. The molecular weight excluding hydrogens is 282 g/mol. The molecule has 3 unspecified atom stereocenters. The molecule has 88 valence electrons. The average Bonchev–Trinajstić information content (AvgIpc) is 2.70. The first-order valence-corrected chi connectivity index (χ1v) is 7.91. The summed E-state index contributed by atoms with van der Waals surface area (Å²) < 4.78 is 1.26.